The fourth-order valence-electron chi connectivity index (χ4n) is 1.36. The maximum atomic E-state index is 11.6. The normalized spacial score (nSPS) is 26.3. The molecule has 0 spiro atoms. The van der Waals surface area contributed by atoms with E-state index >= 15 is 0 Å². The summed E-state index contributed by atoms with van der Waals surface area (Å²) in [5.74, 6) is -1.14. The van der Waals surface area contributed by atoms with Gasteiger partial charge >= 0.3 is 11.9 Å². The third-order valence-electron chi connectivity index (χ3n) is 1.96. The SMILES string of the molecule is CC(C)(C)OC(=O)C1CCC(C(=O)O)S1. The molecule has 1 heterocycles. The van der Waals surface area contributed by atoms with Crippen molar-refractivity contribution in [3.63, 3.8) is 0 Å². The molecule has 15 heavy (non-hydrogen) atoms. The smallest absolute Gasteiger partial charge is 0.319 e. The highest BCUT2D eigenvalue weighted by molar-refractivity contribution is 8.02. The van der Waals surface area contributed by atoms with Crippen molar-refractivity contribution in [2.24, 2.45) is 0 Å². The Morgan fingerprint density at radius 3 is 2.20 bits per heavy atom. The van der Waals surface area contributed by atoms with Crippen molar-refractivity contribution in [3.05, 3.63) is 0 Å². The first-order chi connectivity index (χ1) is 6.79. The highest BCUT2D eigenvalue weighted by Gasteiger charge is 2.36. The number of thioether (sulfide) groups is 1. The first-order valence-corrected chi connectivity index (χ1v) is 5.85. The number of aliphatic carboxylic acids is 1. The van der Waals surface area contributed by atoms with E-state index in [4.69, 9.17) is 9.84 Å². The molecule has 1 saturated heterocycles. The van der Waals surface area contributed by atoms with Crippen molar-refractivity contribution in [2.45, 2.75) is 49.7 Å². The molecule has 2 unspecified atom stereocenters. The molecular formula is C10H16O4S. The van der Waals surface area contributed by atoms with Crippen LogP contribution in [-0.4, -0.2) is 33.1 Å². The predicted molar refractivity (Wildman–Crippen MR) is 57.9 cm³/mol. The minimum atomic E-state index is -0.842. The number of rotatable bonds is 2. The van der Waals surface area contributed by atoms with E-state index in [1.165, 1.54) is 11.8 Å². The number of esters is 1. The largest absolute Gasteiger partial charge is 0.480 e. The number of carbonyl (C=O) groups is 2. The van der Waals surface area contributed by atoms with Gasteiger partial charge in [-0.1, -0.05) is 0 Å². The first kappa shape index (κ1) is 12.4. The molecule has 0 saturated carbocycles. The third kappa shape index (κ3) is 3.74. The van der Waals surface area contributed by atoms with Gasteiger partial charge in [0.05, 0.1) is 0 Å². The molecule has 0 aromatic carbocycles. The van der Waals surface area contributed by atoms with Gasteiger partial charge in [0.2, 0.25) is 0 Å². The molecule has 0 aliphatic carbocycles. The van der Waals surface area contributed by atoms with E-state index in [9.17, 15) is 9.59 Å². The summed E-state index contributed by atoms with van der Waals surface area (Å²) in [5.41, 5.74) is -0.501. The van der Waals surface area contributed by atoms with Gasteiger partial charge in [0.25, 0.3) is 0 Å². The maximum Gasteiger partial charge on any atom is 0.319 e. The number of carbonyl (C=O) groups excluding carboxylic acids is 1. The van der Waals surface area contributed by atoms with Crippen molar-refractivity contribution in [1.82, 2.24) is 0 Å². The molecule has 0 aromatic heterocycles. The Morgan fingerprint density at radius 2 is 1.80 bits per heavy atom. The van der Waals surface area contributed by atoms with Gasteiger partial charge in [-0.25, -0.2) is 0 Å². The fraction of sp³-hybridized carbons (Fsp3) is 0.800. The third-order valence-corrected chi connectivity index (χ3v) is 3.49. The van der Waals surface area contributed by atoms with Crippen molar-refractivity contribution in [3.8, 4) is 0 Å². The fourth-order valence-corrected chi connectivity index (χ4v) is 2.58. The zero-order valence-corrected chi connectivity index (χ0v) is 9.97. The van der Waals surface area contributed by atoms with Gasteiger partial charge in [-0.2, -0.15) is 0 Å². The Hall–Kier alpha value is -0.710. The molecule has 5 heteroatoms. The Kier molecular flexibility index (Phi) is 3.65. The van der Waals surface area contributed by atoms with Crippen LogP contribution in [0.2, 0.25) is 0 Å². The molecule has 86 valence electrons. The molecule has 1 N–H and O–H groups in total. The zero-order chi connectivity index (χ0) is 11.6. The van der Waals surface area contributed by atoms with Crippen LogP contribution in [-0.2, 0) is 14.3 Å². The van der Waals surface area contributed by atoms with Gasteiger partial charge in [-0.15, -0.1) is 11.8 Å². The number of carboxylic acid groups (broad SMARTS) is 1. The van der Waals surface area contributed by atoms with Crippen LogP contribution in [0.4, 0.5) is 0 Å². The molecular weight excluding hydrogens is 216 g/mol. The van der Waals surface area contributed by atoms with Crippen LogP contribution in [0.15, 0.2) is 0 Å². The number of hydrogen-bond acceptors (Lipinski definition) is 4. The highest BCUT2D eigenvalue weighted by Crippen LogP contribution is 2.35. The van der Waals surface area contributed by atoms with Crippen LogP contribution in [0, 0.1) is 0 Å². The van der Waals surface area contributed by atoms with E-state index in [-0.39, 0.29) is 11.2 Å². The van der Waals surface area contributed by atoms with Crippen LogP contribution < -0.4 is 0 Å². The molecule has 0 aromatic rings. The van der Waals surface area contributed by atoms with Crippen LogP contribution in [0.3, 0.4) is 0 Å². The predicted octanol–water partition coefficient (Wildman–Crippen LogP) is 1.68. The van der Waals surface area contributed by atoms with Crippen molar-refractivity contribution in [1.29, 1.82) is 0 Å². The zero-order valence-electron chi connectivity index (χ0n) is 9.15. The second-order valence-electron chi connectivity index (χ2n) is 4.56. The Morgan fingerprint density at radius 1 is 1.27 bits per heavy atom. The van der Waals surface area contributed by atoms with Gasteiger partial charge in [-0.05, 0) is 33.6 Å². The minimum Gasteiger partial charge on any atom is -0.480 e. The summed E-state index contributed by atoms with van der Waals surface area (Å²) in [6.45, 7) is 5.41. The Bertz CT molecular complexity index is 269. The lowest BCUT2D eigenvalue weighted by molar-refractivity contribution is -0.154. The summed E-state index contributed by atoms with van der Waals surface area (Å²) >= 11 is 1.19. The second-order valence-corrected chi connectivity index (χ2v) is 5.97. The van der Waals surface area contributed by atoms with Crippen molar-refractivity contribution in [2.75, 3.05) is 0 Å². The van der Waals surface area contributed by atoms with E-state index < -0.39 is 16.8 Å². The molecule has 0 radical (unpaired) electrons. The van der Waals surface area contributed by atoms with Crippen molar-refractivity contribution < 1.29 is 19.4 Å². The standard InChI is InChI=1S/C10H16O4S/c1-10(2,3)14-9(13)7-5-4-6(15-7)8(11)12/h6-7H,4-5H2,1-3H3,(H,11,12). The molecule has 0 amide bonds. The Balaban J connectivity index is 2.47. The van der Waals surface area contributed by atoms with Crippen LogP contribution >= 0.6 is 11.8 Å². The molecule has 4 nitrogen and oxygen atoms in total. The second kappa shape index (κ2) is 4.43. The monoisotopic (exact) mass is 232 g/mol. The molecule has 1 aliphatic rings. The lowest BCUT2D eigenvalue weighted by atomic mass is 10.1. The molecule has 0 bridgehead atoms. The van der Waals surface area contributed by atoms with E-state index in [0.717, 1.165) is 0 Å². The minimum absolute atomic E-state index is 0.295. The summed E-state index contributed by atoms with van der Waals surface area (Å²) in [7, 11) is 0. The van der Waals surface area contributed by atoms with E-state index in [0.29, 0.717) is 12.8 Å². The lowest BCUT2D eigenvalue weighted by Crippen LogP contribution is -2.29. The van der Waals surface area contributed by atoms with Crippen LogP contribution in [0.1, 0.15) is 33.6 Å². The summed E-state index contributed by atoms with van der Waals surface area (Å²) < 4.78 is 5.20. The summed E-state index contributed by atoms with van der Waals surface area (Å²) in [4.78, 5) is 22.3. The maximum absolute atomic E-state index is 11.6. The number of ether oxygens (including phenoxy) is 1. The van der Waals surface area contributed by atoms with Crippen molar-refractivity contribution >= 4 is 23.7 Å². The highest BCUT2D eigenvalue weighted by atomic mass is 32.2. The van der Waals surface area contributed by atoms with Gasteiger partial charge in [0.15, 0.2) is 0 Å². The number of hydrogen-bond donors (Lipinski definition) is 1. The molecule has 1 aliphatic heterocycles. The van der Waals surface area contributed by atoms with Gasteiger partial charge in [-0.3, -0.25) is 9.59 Å². The molecule has 1 rings (SSSR count). The molecule has 1 fully saturated rings. The van der Waals surface area contributed by atoms with Crippen LogP contribution in [0.25, 0.3) is 0 Å². The number of carboxylic acids is 1. The van der Waals surface area contributed by atoms with E-state index in [1.807, 2.05) is 0 Å². The van der Waals surface area contributed by atoms with Gasteiger partial charge < -0.3 is 9.84 Å². The molecule has 2 atom stereocenters. The van der Waals surface area contributed by atoms with E-state index in [1.54, 1.807) is 20.8 Å². The Labute approximate surface area is 93.4 Å². The van der Waals surface area contributed by atoms with E-state index in [2.05, 4.69) is 0 Å². The van der Waals surface area contributed by atoms with Gasteiger partial charge in [0.1, 0.15) is 16.1 Å². The first-order valence-electron chi connectivity index (χ1n) is 4.91. The lowest BCUT2D eigenvalue weighted by Gasteiger charge is -2.21. The average Bonchev–Trinajstić information content (AvgIpc) is 2.47. The topological polar surface area (TPSA) is 63.6 Å². The van der Waals surface area contributed by atoms with Gasteiger partial charge in [0, 0.05) is 0 Å². The summed E-state index contributed by atoms with van der Waals surface area (Å²) in [6, 6.07) is 0. The summed E-state index contributed by atoms with van der Waals surface area (Å²) in [5, 5.41) is 8.00. The van der Waals surface area contributed by atoms with Crippen LogP contribution in [0.5, 0.6) is 0 Å². The quantitative estimate of drug-likeness (QED) is 0.734. The average molecular weight is 232 g/mol. The summed E-state index contributed by atoms with van der Waals surface area (Å²) in [6.07, 6.45) is 1.14.